The van der Waals surface area contributed by atoms with Crippen LogP contribution in [0.3, 0.4) is 0 Å². The Kier molecular flexibility index (Phi) is 3.00. The Bertz CT molecular complexity index is 347. The van der Waals surface area contributed by atoms with E-state index in [2.05, 4.69) is 35.8 Å². The zero-order valence-electron chi connectivity index (χ0n) is 9.82. The van der Waals surface area contributed by atoms with Crippen molar-refractivity contribution in [2.75, 3.05) is 13.6 Å². The van der Waals surface area contributed by atoms with Gasteiger partial charge in [0.1, 0.15) is 5.82 Å². The van der Waals surface area contributed by atoms with E-state index < -0.39 is 0 Å². The molecule has 0 radical (unpaired) electrons. The van der Waals surface area contributed by atoms with E-state index in [1.54, 1.807) is 0 Å². The SMILES string of the molecule is CC(C)Cc1ncc2c(n1)CN(C)CC2. The first-order chi connectivity index (χ1) is 7.15. The van der Waals surface area contributed by atoms with Crippen LogP contribution in [-0.4, -0.2) is 28.5 Å². The van der Waals surface area contributed by atoms with Gasteiger partial charge in [-0.05, 0) is 24.9 Å². The van der Waals surface area contributed by atoms with E-state index in [0.29, 0.717) is 5.92 Å². The molecule has 0 spiro atoms. The summed E-state index contributed by atoms with van der Waals surface area (Å²) in [6.07, 6.45) is 4.10. The van der Waals surface area contributed by atoms with Crippen LogP contribution in [0.4, 0.5) is 0 Å². The van der Waals surface area contributed by atoms with E-state index in [-0.39, 0.29) is 0 Å². The van der Waals surface area contributed by atoms with Crippen molar-refractivity contribution >= 4 is 0 Å². The van der Waals surface area contributed by atoms with Crippen molar-refractivity contribution < 1.29 is 0 Å². The molecule has 0 unspecified atom stereocenters. The Morgan fingerprint density at radius 3 is 3.00 bits per heavy atom. The van der Waals surface area contributed by atoms with Crippen LogP contribution in [0.1, 0.15) is 30.9 Å². The summed E-state index contributed by atoms with van der Waals surface area (Å²) in [5.74, 6) is 1.63. The van der Waals surface area contributed by atoms with Gasteiger partial charge in [-0.15, -0.1) is 0 Å². The summed E-state index contributed by atoms with van der Waals surface area (Å²) in [5, 5.41) is 0. The number of aromatic nitrogens is 2. The first kappa shape index (κ1) is 10.6. The first-order valence-corrected chi connectivity index (χ1v) is 5.67. The van der Waals surface area contributed by atoms with Gasteiger partial charge < -0.3 is 4.90 Å². The highest BCUT2D eigenvalue weighted by molar-refractivity contribution is 5.20. The molecule has 0 fully saturated rings. The molecule has 82 valence electrons. The van der Waals surface area contributed by atoms with Gasteiger partial charge in [0.25, 0.3) is 0 Å². The molecular weight excluding hydrogens is 186 g/mol. The molecule has 15 heavy (non-hydrogen) atoms. The van der Waals surface area contributed by atoms with Gasteiger partial charge in [-0.1, -0.05) is 13.8 Å². The highest BCUT2D eigenvalue weighted by Crippen LogP contribution is 2.15. The van der Waals surface area contributed by atoms with Crippen LogP contribution in [0.15, 0.2) is 6.20 Å². The minimum absolute atomic E-state index is 0.629. The number of likely N-dealkylation sites (N-methyl/N-ethyl adjacent to an activating group) is 1. The minimum Gasteiger partial charge on any atom is -0.300 e. The van der Waals surface area contributed by atoms with Gasteiger partial charge in [-0.3, -0.25) is 0 Å². The third-order valence-corrected chi connectivity index (χ3v) is 2.78. The quantitative estimate of drug-likeness (QED) is 0.735. The van der Waals surface area contributed by atoms with Crippen molar-refractivity contribution in [1.82, 2.24) is 14.9 Å². The van der Waals surface area contributed by atoms with E-state index in [0.717, 1.165) is 31.8 Å². The van der Waals surface area contributed by atoms with E-state index in [1.807, 2.05) is 6.20 Å². The monoisotopic (exact) mass is 205 g/mol. The summed E-state index contributed by atoms with van der Waals surface area (Å²) in [5.41, 5.74) is 2.56. The van der Waals surface area contributed by atoms with Crippen LogP contribution in [0.2, 0.25) is 0 Å². The minimum atomic E-state index is 0.629. The van der Waals surface area contributed by atoms with Gasteiger partial charge in [-0.25, -0.2) is 9.97 Å². The summed E-state index contributed by atoms with van der Waals surface area (Å²) in [4.78, 5) is 11.4. The van der Waals surface area contributed by atoms with Crippen LogP contribution in [0, 0.1) is 5.92 Å². The second-order valence-electron chi connectivity index (χ2n) is 4.84. The standard InChI is InChI=1S/C12H19N3/c1-9(2)6-12-13-7-10-4-5-15(3)8-11(10)14-12/h7,9H,4-6,8H2,1-3H3. The molecule has 1 aliphatic heterocycles. The highest BCUT2D eigenvalue weighted by Gasteiger charge is 2.15. The normalized spacial score (nSPS) is 16.8. The molecule has 0 aromatic carbocycles. The Morgan fingerprint density at radius 1 is 1.47 bits per heavy atom. The van der Waals surface area contributed by atoms with Gasteiger partial charge >= 0.3 is 0 Å². The van der Waals surface area contributed by atoms with Gasteiger partial charge in [0.2, 0.25) is 0 Å². The lowest BCUT2D eigenvalue weighted by atomic mass is 10.1. The number of nitrogens with zero attached hydrogens (tertiary/aromatic N) is 3. The van der Waals surface area contributed by atoms with Crippen molar-refractivity contribution in [3.63, 3.8) is 0 Å². The number of hydrogen-bond acceptors (Lipinski definition) is 3. The molecule has 1 aromatic heterocycles. The van der Waals surface area contributed by atoms with Gasteiger partial charge in [0.05, 0.1) is 5.69 Å². The Labute approximate surface area is 91.5 Å². The highest BCUT2D eigenvalue weighted by atomic mass is 15.1. The van der Waals surface area contributed by atoms with Crippen LogP contribution in [-0.2, 0) is 19.4 Å². The molecular formula is C12H19N3. The third-order valence-electron chi connectivity index (χ3n) is 2.78. The van der Waals surface area contributed by atoms with Crippen LogP contribution in [0.25, 0.3) is 0 Å². The summed E-state index contributed by atoms with van der Waals surface area (Å²) in [6, 6.07) is 0. The number of rotatable bonds is 2. The molecule has 0 saturated carbocycles. The third kappa shape index (κ3) is 2.53. The molecule has 0 aliphatic carbocycles. The van der Waals surface area contributed by atoms with Crippen LogP contribution < -0.4 is 0 Å². The summed E-state index contributed by atoms with van der Waals surface area (Å²) in [7, 11) is 2.15. The molecule has 0 atom stereocenters. The van der Waals surface area contributed by atoms with Gasteiger partial charge in [-0.2, -0.15) is 0 Å². The molecule has 0 N–H and O–H groups in total. The van der Waals surface area contributed by atoms with Crippen molar-refractivity contribution in [2.24, 2.45) is 5.92 Å². The molecule has 1 aliphatic rings. The smallest absolute Gasteiger partial charge is 0.128 e. The predicted molar refractivity (Wildman–Crippen MR) is 60.6 cm³/mol. The molecule has 1 aromatic rings. The summed E-state index contributed by atoms with van der Waals surface area (Å²) >= 11 is 0. The van der Waals surface area contributed by atoms with Crippen molar-refractivity contribution in [2.45, 2.75) is 33.2 Å². The maximum absolute atomic E-state index is 4.65. The lowest BCUT2D eigenvalue weighted by molar-refractivity contribution is 0.306. The predicted octanol–water partition coefficient (Wildman–Crippen LogP) is 1.66. The Hall–Kier alpha value is -0.960. The topological polar surface area (TPSA) is 29.0 Å². The molecule has 0 bridgehead atoms. The zero-order valence-corrected chi connectivity index (χ0v) is 9.82. The van der Waals surface area contributed by atoms with Gasteiger partial charge in [0.15, 0.2) is 0 Å². The number of fused-ring (bicyclic) bond motifs is 1. The van der Waals surface area contributed by atoms with E-state index >= 15 is 0 Å². The molecule has 0 saturated heterocycles. The van der Waals surface area contributed by atoms with E-state index in [9.17, 15) is 0 Å². The maximum Gasteiger partial charge on any atom is 0.128 e. The van der Waals surface area contributed by atoms with Gasteiger partial charge in [0, 0.05) is 25.7 Å². The van der Waals surface area contributed by atoms with Crippen molar-refractivity contribution in [3.8, 4) is 0 Å². The number of hydrogen-bond donors (Lipinski definition) is 0. The van der Waals surface area contributed by atoms with Crippen molar-refractivity contribution in [3.05, 3.63) is 23.3 Å². The lowest BCUT2D eigenvalue weighted by Gasteiger charge is -2.24. The Balaban J connectivity index is 2.20. The zero-order chi connectivity index (χ0) is 10.8. The summed E-state index contributed by atoms with van der Waals surface area (Å²) in [6.45, 7) is 6.51. The average molecular weight is 205 g/mol. The fourth-order valence-corrected chi connectivity index (χ4v) is 1.94. The molecule has 3 nitrogen and oxygen atoms in total. The molecule has 0 amide bonds. The maximum atomic E-state index is 4.65. The van der Waals surface area contributed by atoms with Crippen LogP contribution in [0.5, 0.6) is 0 Å². The largest absolute Gasteiger partial charge is 0.300 e. The fraction of sp³-hybridized carbons (Fsp3) is 0.667. The van der Waals surface area contributed by atoms with Crippen LogP contribution >= 0.6 is 0 Å². The molecule has 3 heteroatoms. The van der Waals surface area contributed by atoms with E-state index in [4.69, 9.17) is 0 Å². The van der Waals surface area contributed by atoms with Crippen molar-refractivity contribution in [1.29, 1.82) is 0 Å². The van der Waals surface area contributed by atoms with E-state index in [1.165, 1.54) is 11.3 Å². The second kappa shape index (κ2) is 4.27. The summed E-state index contributed by atoms with van der Waals surface area (Å²) < 4.78 is 0. The first-order valence-electron chi connectivity index (χ1n) is 5.67. The molecule has 2 heterocycles. The fourth-order valence-electron chi connectivity index (χ4n) is 1.94. The molecule has 2 rings (SSSR count). The second-order valence-corrected chi connectivity index (χ2v) is 4.84. The lowest BCUT2D eigenvalue weighted by Crippen LogP contribution is -2.28. The average Bonchev–Trinajstić information content (AvgIpc) is 2.16. The Morgan fingerprint density at radius 2 is 2.27 bits per heavy atom.